The van der Waals surface area contributed by atoms with Gasteiger partial charge >= 0.3 is 0 Å². The molecule has 2 aromatic rings. The van der Waals surface area contributed by atoms with Gasteiger partial charge in [-0.05, 0) is 11.6 Å². The third-order valence-corrected chi connectivity index (χ3v) is 2.02. The Morgan fingerprint density at radius 3 is 3.07 bits per heavy atom. The number of rotatable bonds is 3. The molecule has 0 aliphatic heterocycles. The van der Waals surface area contributed by atoms with E-state index in [1.165, 1.54) is 0 Å². The summed E-state index contributed by atoms with van der Waals surface area (Å²) >= 11 is 0. The Balaban J connectivity index is 2.14. The fourth-order valence-corrected chi connectivity index (χ4v) is 1.29. The molecule has 0 N–H and O–H groups in total. The van der Waals surface area contributed by atoms with Crippen molar-refractivity contribution < 1.29 is 9.21 Å². The second-order valence-electron chi connectivity index (χ2n) is 3.09. The van der Waals surface area contributed by atoms with Crippen molar-refractivity contribution in [1.82, 2.24) is 9.55 Å². The second-order valence-corrected chi connectivity index (χ2v) is 3.09. The van der Waals surface area contributed by atoms with E-state index in [4.69, 9.17) is 4.42 Å². The van der Waals surface area contributed by atoms with E-state index in [-0.39, 0.29) is 5.78 Å². The molecule has 0 saturated carbocycles. The van der Waals surface area contributed by atoms with E-state index >= 15 is 0 Å². The van der Waals surface area contributed by atoms with Gasteiger partial charge in [0.25, 0.3) is 0 Å². The lowest BCUT2D eigenvalue weighted by Crippen LogP contribution is -2.09. The second kappa shape index (κ2) is 3.49. The normalized spacial score (nSPS) is 10.4. The van der Waals surface area contributed by atoms with Crippen LogP contribution in [-0.4, -0.2) is 15.3 Å². The van der Waals surface area contributed by atoms with Crippen molar-refractivity contribution in [2.24, 2.45) is 7.05 Å². The zero-order valence-corrected chi connectivity index (χ0v) is 7.80. The van der Waals surface area contributed by atoms with Crippen LogP contribution in [0, 0.1) is 0 Å². The van der Waals surface area contributed by atoms with Gasteiger partial charge in [0.1, 0.15) is 0 Å². The molecule has 0 radical (unpaired) electrons. The molecule has 2 heterocycles. The molecule has 0 aliphatic rings. The average Bonchev–Trinajstić information content (AvgIpc) is 2.75. The Kier molecular flexibility index (Phi) is 2.18. The third-order valence-electron chi connectivity index (χ3n) is 2.02. The van der Waals surface area contributed by atoms with Crippen LogP contribution in [0.4, 0.5) is 0 Å². The van der Waals surface area contributed by atoms with E-state index in [9.17, 15) is 4.79 Å². The maximum atomic E-state index is 11.7. The van der Waals surface area contributed by atoms with Crippen LogP contribution >= 0.6 is 0 Å². The van der Waals surface area contributed by atoms with Gasteiger partial charge in [-0.25, -0.2) is 4.98 Å². The van der Waals surface area contributed by atoms with Crippen molar-refractivity contribution >= 4 is 5.78 Å². The van der Waals surface area contributed by atoms with Gasteiger partial charge in [-0.1, -0.05) is 0 Å². The Bertz CT molecular complexity index is 429. The van der Waals surface area contributed by atoms with Crippen LogP contribution in [-0.2, 0) is 13.5 Å². The molecule has 0 saturated heterocycles. The smallest absolute Gasteiger partial charge is 0.202 e. The summed E-state index contributed by atoms with van der Waals surface area (Å²) in [6, 6.07) is 1.78. The first kappa shape index (κ1) is 8.74. The molecule has 0 aromatic carbocycles. The Hall–Kier alpha value is -1.84. The Morgan fingerprint density at radius 2 is 2.50 bits per heavy atom. The van der Waals surface area contributed by atoms with Gasteiger partial charge in [-0.2, -0.15) is 0 Å². The molecule has 0 fully saturated rings. The molecule has 2 aromatic heterocycles. The highest BCUT2D eigenvalue weighted by Crippen LogP contribution is 2.05. The molecule has 14 heavy (non-hydrogen) atoms. The Labute approximate surface area is 81.2 Å². The standard InChI is InChI=1S/C10H10N2O2/c1-12-4-3-11-10(12)9(13)6-8-2-5-14-7-8/h2-5,7H,6H2,1H3. The predicted molar refractivity (Wildman–Crippen MR) is 50.0 cm³/mol. The van der Waals surface area contributed by atoms with Crippen LogP contribution in [0.5, 0.6) is 0 Å². The molecule has 4 heteroatoms. The summed E-state index contributed by atoms with van der Waals surface area (Å²) in [5.41, 5.74) is 0.873. The number of aryl methyl sites for hydroxylation is 1. The van der Waals surface area contributed by atoms with Crippen molar-refractivity contribution in [2.75, 3.05) is 0 Å². The van der Waals surface area contributed by atoms with E-state index < -0.39 is 0 Å². The van der Waals surface area contributed by atoms with Crippen LogP contribution in [0.2, 0.25) is 0 Å². The van der Waals surface area contributed by atoms with Gasteiger partial charge in [0.2, 0.25) is 5.78 Å². The van der Waals surface area contributed by atoms with Gasteiger partial charge in [0.05, 0.1) is 12.5 Å². The number of hydrogen-bond acceptors (Lipinski definition) is 3. The summed E-state index contributed by atoms with van der Waals surface area (Å²) in [4.78, 5) is 15.6. The van der Waals surface area contributed by atoms with Gasteiger partial charge < -0.3 is 8.98 Å². The number of nitrogens with zero attached hydrogens (tertiary/aromatic N) is 2. The molecule has 0 atom stereocenters. The van der Waals surface area contributed by atoms with Crippen LogP contribution in [0.1, 0.15) is 16.2 Å². The number of carbonyl (C=O) groups excluding carboxylic acids is 1. The van der Waals surface area contributed by atoms with Gasteiger partial charge in [0.15, 0.2) is 5.82 Å². The van der Waals surface area contributed by atoms with Crippen molar-refractivity contribution in [3.05, 3.63) is 42.4 Å². The molecule has 0 spiro atoms. The first-order valence-corrected chi connectivity index (χ1v) is 4.29. The molecule has 2 rings (SSSR count). The summed E-state index contributed by atoms with van der Waals surface area (Å²) < 4.78 is 6.59. The molecular formula is C10H10N2O2. The first-order chi connectivity index (χ1) is 6.77. The van der Waals surface area contributed by atoms with Crippen molar-refractivity contribution in [3.63, 3.8) is 0 Å². The number of imidazole rings is 1. The summed E-state index contributed by atoms with van der Waals surface area (Å²) in [5.74, 6) is 0.477. The highest BCUT2D eigenvalue weighted by atomic mass is 16.3. The fraction of sp³-hybridized carbons (Fsp3) is 0.200. The van der Waals surface area contributed by atoms with Gasteiger partial charge in [-0.3, -0.25) is 4.79 Å². The molecule has 0 bridgehead atoms. The minimum Gasteiger partial charge on any atom is -0.472 e. The third kappa shape index (κ3) is 1.59. The highest BCUT2D eigenvalue weighted by Gasteiger charge is 2.11. The zero-order valence-electron chi connectivity index (χ0n) is 7.80. The fourth-order valence-electron chi connectivity index (χ4n) is 1.29. The maximum absolute atomic E-state index is 11.7. The zero-order chi connectivity index (χ0) is 9.97. The quantitative estimate of drug-likeness (QED) is 0.688. The highest BCUT2D eigenvalue weighted by molar-refractivity contribution is 5.94. The number of aromatic nitrogens is 2. The van der Waals surface area contributed by atoms with Gasteiger partial charge in [-0.15, -0.1) is 0 Å². The number of Topliss-reactive ketones (excluding diaryl/α,β-unsaturated/α-hetero) is 1. The SMILES string of the molecule is Cn1ccnc1C(=O)Cc1ccoc1. The van der Waals surface area contributed by atoms with Crippen LogP contribution in [0.15, 0.2) is 35.4 Å². The summed E-state index contributed by atoms with van der Waals surface area (Å²) in [6.07, 6.45) is 6.83. The van der Waals surface area contributed by atoms with Crippen LogP contribution in [0.25, 0.3) is 0 Å². The summed E-state index contributed by atoms with van der Waals surface area (Å²) in [5, 5.41) is 0. The molecule has 0 amide bonds. The van der Waals surface area contributed by atoms with E-state index in [1.54, 1.807) is 42.6 Å². The number of ketones is 1. The van der Waals surface area contributed by atoms with Crippen molar-refractivity contribution in [2.45, 2.75) is 6.42 Å². The number of furan rings is 1. The van der Waals surface area contributed by atoms with Crippen molar-refractivity contribution in [1.29, 1.82) is 0 Å². The van der Waals surface area contributed by atoms with E-state index in [1.807, 2.05) is 0 Å². The van der Waals surface area contributed by atoms with E-state index in [2.05, 4.69) is 4.98 Å². The van der Waals surface area contributed by atoms with Gasteiger partial charge in [0, 0.05) is 25.9 Å². The number of carbonyl (C=O) groups is 1. The topological polar surface area (TPSA) is 48.0 Å². The molecule has 0 aliphatic carbocycles. The minimum atomic E-state index is -0.00102. The first-order valence-electron chi connectivity index (χ1n) is 4.29. The van der Waals surface area contributed by atoms with Crippen molar-refractivity contribution in [3.8, 4) is 0 Å². The lowest BCUT2D eigenvalue weighted by atomic mass is 10.1. The number of hydrogen-bond donors (Lipinski definition) is 0. The van der Waals surface area contributed by atoms with Crippen LogP contribution < -0.4 is 0 Å². The summed E-state index contributed by atoms with van der Waals surface area (Å²) in [7, 11) is 1.80. The predicted octanol–water partition coefficient (Wildman–Crippen LogP) is 1.44. The maximum Gasteiger partial charge on any atom is 0.202 e. The Morgan fingerprint density at radius 1 is 1.64 bits per heavy atom. The minimum absolute atomic E-state index is 0.00102. The monoisotopic (exact) mass is 190 g/mol. The molecule has 0 unspecified atom stereocenters. The molecule has 72 valence electrons. The van der Waals surface area contributed by atoms with E-state index in [0.29, 0.717) is 12.2 Å². The molecular weight excluding hydrogens is 180 g/mol. The lowest BCUT2D eigenvalue weighted by Gasteiger charge is -1.98. The van der Waals surface area contributed by atoms with E-state index in [0.717, 1.165) is 5.56 Å². The lowest BCUT2D eigenvalue weighted by molar-refractivity contribution is 0.0980. The van der Waals surface area contributed by atoms with Crippen LogP contribution in [0.3, 0.4) is 0 Å². The molecule has 4 nitrogen and oxygen atoms in total. The summed E-state index contributed by atoms with van der Waals surface area (Å²) in [6.45, 7) is 0. The largest absolute Gasteiger partial charge is 0.472 e. The average molecular weight is 190 g/mol.